The van der Waals surface area contributed by atoms with E-state index in [-0.39, 0.29) is 36.2 Å². The van der Waals surface area contributed by atoms with E-state index in [4.69, 9.17) is 14.2 Å². The van der Waals surface area contributed by atoms with Gasteiger partial charge in [0.1, 0.15) is 6.61 Å². The summed E-state index contributed by atoms with van der Waals surface area (Å²) in [6, 6.07) is -0.623. The molecule has 52 heavy (non-hydrogen) atoms. The third kappa shape index (κ3) is 32.7. The Morgan fingerprint density at radius 2 is 1.08 bits per heavy atom. The van der Waals surface area contributed by atoms with Gasteiger partial charge in [0.15, 0.2) is 12.1 Å². The van der Waals surface area contributed by atoms with Crippen molar-refractivity contribution >= 4 is 17.9 Å². The van der Waals surface area contributed by atoms with Crippen LogP contribution in [0.3, 0.4) is 0 Å². The molecule has 0 saturated heterocycles. The molecular formula is C44H74NO7+. The number of carbonyl (C=O) groups excluding carboxylic acids is 2. The number of likely N-dealkylation sites (N-methyl/N-ethyl adjacent to an activating group) is 1. The van der Waals surface area contributed by atoms with E-state index in [9.17, 15) is 19.5 Å². The number of quaternary nitrogens is 1. The molecule has 0 aliphatic heterocycles. The lowest BCUT2D eigenvalue weighted by molar-refractivity contribution is -0.887. The van der Waals surface area contributed by atoms with Crippen LogP contribution < -0.4 is 0 Å². The maximum Gasteiger partial charge on any atom is 0.362 e. The van der Waals surface area contributed by atoms with E-state index in [1.165, 1.54) is 51.4 Å². The molecule has 0 saturated carbocycles. The van der Waals surface area contributed by atoms with Gasteiger partial charge in [-0.3, -0.25) is 9.59 Å². The van der Waals surface area contributed by atoms with Crippen molar-refractivity contribution in [3.05, 3.63) is 72.9 Å². The third-order valence-electron chi connectivity index (χ3n) is 8.53. The van der Waals surface area contributed by atoms with Gasteiger partial charge in [-0.1, -0.05) is 157 Å². The van der Waals surface area contributed by atoms with Gasteiger partial charge in [0.25, 0.3) is 0 Å². The predicted octanol–water partition coefficient (Wildman–Crippen LogP) is 10.4. The van der Waals surface area contributed by atoms with Crippen molar-refractivity contribution in [2.24, 2.45) is 0 Å². The Balaban J connectivity index is 4.50. The van der Waals surface area contributed by atoms with Crippen LogP contribution in [0, 0.1) is 0 Å². The lowest BCUT2D eigenvalue weighted by atomic mass is 10.1. The van der Waals surface area contributed by atoms with E-state index in [1.807, 2.05) is 81.9 Å². The first kappa shape index (κ1) is 48.8. The van der Waals surface area contributed by atoms with E-state index in [0.29, 0.717) is 19.3 Å². The highest BCUT2D eigenvalue weighted by Crippen LogP contribution is 2.13. The molecule has 2 unspecified atom stereocenters. The maximum absolute atomic E-state index is 12.6. The van der Waals surface area contributed by atoms with Crippen LogP contribution in [0.4, 0.5) is 0 Å². The number of hydrogen-bond donors (Lipinski definition) is 1. The molecule has 0 aromatic heterocycles. The van der Waals surface area contributed by atoms with Gasteiger partial charge in [-0.05, 0) is 32.1 Å². The van der Waals surface area contributed by atoms with Gasteiger partial charge < -0.3 is 23.8 Å². The number of carboxylic acid groups (broad SMARTS) is 1. The van der Waals surface area contributed by atoms with E-state index >= 15 is 0 Å². The quantitative estimate of drug-likeness (QED) is 0.0305. The van der Waals surface area contributed by atoms with Gasteiger partial charge in [-0.15, -0.1) is 0 Å². The first-order chi connectivity index (χ1) is 25.1. The second kappa shape index (κ2) is 34.8. The number of nitrogens with zero attached hydrogens (tertiary/aromatic N) is 1. The first-order valence-corrected chi connectivity index (χ1v) is 20.1. The van der Waals surface area contributed by atoms with Crippen LogP contribution in [0.1, 0.15) is 136 Å². The average Bonchev–Trinajstić information content (AvgIpc) is 3.09. The summed E-state index contributed by atoms with van der Waals surface area (Å²) in [6.45, 7) is 4.51. The van der Waals surface area contributed by atoms with Crippen LogP contribution in [0.25, 0.3) is 0 Å². The lowest BCUT2D eigenvalue weighted by Crippen LogP contribution is -2.50. The van der Waals surface area contributed by atoms with Crippen LogP contribution in [0.15, 0.2) is 72.9 Å². The largest absolute Gasteiger partial charge is 0.477 e. The maximum atomic E-state index is 12.6. The average molecular weight is 729 g/mol. The van der Waals surface area contributed by atoms with E-state index < -0.39 is 18.1 Å². The number of aliphatic carboxylic acids is 1. The van der Waals surface area contributed by atoms with Crippen LogP contribution in [-0.2, 0) is 28.6 Å². The van der Waals surface area contributed by atoms with Crippen molar-refractivity contribution in [2.75, 3.05) is 41.0 Å². The Hall–Kier alpha value is -3.23. The Labute approximate surface area is 317 Å². The normalized spacial score (nSPS) is 13.8. The Morgan fingerprint density at radius 1 is 0.596 bits per heavy atom. The SMILES string of the molecule is CC/C=C/C=C/C=C/C=C/C=C/C=C/CCCCCC(=O)OCC(COCCC(C(=O)O)[N+](C)(C)C)OC(=O)CCCCCCCCCCCCC. The zero-order valence-electron chi connectivity index (χ0n) is 33.5. The molecule has 0 aliphatic carbocycles. The van der Waals surface area contributed by atoms with Crippen molar-refractivity contribution in [3.63, 3.8) is 0 Å². The smallest absolute Gasteiger partial charge is 0.362 e. The molecule has 0 heterocycles. The predicted molar refractivity (Wildman–Crippen MR) is 215 cm³/mol. The van der Waals surface area contributed by atoms with Crippen LogP contribution >= 0.6 is 0 Å². The number of hydrogen-bond acceptors (Lipinski definition) is 6. The minimum atomic E-state index is -0.885. The second-order valence-corrected chi connectivity index (χ2v) is 14.3. The number of carbonyl (C=O) groups is 3. The molecule has 0 radical (unpaired) electrons. The summed E-state index contributed by atoms with van der Waals surface area (Å²) in [6.07, 6.45) is 42.2. The van der Waals surface area contributed by atoms with Gasteiger partial charge in [-0.2, -0.15) is 0 Å². The Kier molecular flexibility index (Phi) is 32.7. The van der Waals surface area contributed by atoms with E-state index in [2.05, 4.69) is 26.0 Å². The monoisotopic (exact) mass is 729 g/mol. The fourth-order valence-corrected chi connectivity index (χ4v) is 5.42. The van der Waals surface area contributed by atoms with Crippen LogP contribution in [-0.4, -0.2) is 80.6 Å². The number of ether oxygens (including phenoxy) is 3. The van der Waals surface area contributed by atoms with Crippen molar-refractivity contribution in [1.29, 1.82) is 0 Å². The second-order valence-electron chi connectivity index (χ2n) is 14.3. The van der Waals surface area contributed by atoms with Gasteiger partial charge in [0.2, 0.25) is 0 Å². The third-order valence-corrected chi connectivity index (χ3v) is 8.53. The highest BCUT2D eigenvalue weighted by atomic mass is 16.6. The molecular weight excluding hydrogens is 654 g/mol. The van der Waals surface area contributed by atoms with Gasteiger partial charge in [0.05, 0.1) is 34.4 Å². The fraction of sp³-hybridized carbons (Fsp3) is 0.659. The van der Waals surface area contributed by atoms with Crippen molar-refractivity contribution in [3.8, 4) is 0 Å². The molecule has 296 valence electrons. The van der Waals surface area contributed by atoms with Crippen molar-refractivity contribution in [2.45, 2.75) is 148 Å². The van der Waals surface area contributed by atoms with Crippen LogP contribution in [0.2, 0.25) is 0 Å². The summed E-state index contributed by atoms with van der Waals surface area (Å²) < 4.78 is 17.2. The Morgan fingerprint density at radius 3 is 1.60 bits per heavy atom. The molecule has 0 bridgehead atoms. The highest BCUT2D eigenvalue weighted by Gasteiger charge is 2.31. The standard InChI is InChI=1S/C44H73NO7/c1-6-8-10-12-14-16-18-19-20-21-22-23-25-26-28-30-32-34-42(46)51-39-40(38-50-37-36-41(44(48)49)45(3,4)5)52-43(47)35-33-31-29-27-24-17-15-13-11-9-7-2/h8,10,12,14,16,18-23,25,40-41H,6-7,9,11,13,15,17,24,26-39H2,1-5H3/p+1/b10-8+,14-12+,18-16+,20-19+,22-21+,25-23+. The van der Waals surface area contributed by atoms with Gasteiger partial charge >= 0.3 is 17.9 Å². The molecule has 2 atom stereocenters. The van der Waals surface area contributed by atoms with E-state index in [1.54, 1.807) is 0 Å². The molecule has 0 rings (SSSR count). The summed E-state index contributed by atoms with van der Waals surface area (Å²) in [4.78, 5) is 36.8. The molecule has 0 aliphatic rings. The molecule has 0 spiro atoms. The molecule has 8 heteroatoms. The number of carboxylic acids is 1. The minimum absolute atomic E-state index is 0.0440. The molecule has 0 aromatic carbocycles. The summed E-state index contributed by atoms with van der Waals surface area (Å²) in [5.74, 6) is -1.53. The number of unbranched alkanes of at least 4 members (excludes halogenated alkanes) is 13. The minimum Gasteiger partial charge on any atom is -0.477 e. The topological polar surface area (TPSA) is 99.1 Å². The Bertz CT molecular complexity index is 1080. The van der Waals surface area contributed by atoms with Gasteiger partial charge in [-0.25, -0.2) is 4.79 Å². The zero-order valence-corrected chi connectivity index (χ0v) is 33.5. The molecule has 1 N–H and O–H groups in total. The van der Waals surface area contributed by atoms with Gasteiger partial charge in [0, 0.05) is 19.3 Å². The molecule has 0 aromatic rings. The van der Waals surface area contributed by atoms with Crippen LogP contribution in [0.5, 0.6) is 0 Å². The zero-order chi connectivity index (χ0) is 38.5. The molecule has 0 fully saturated rings. The van der Waals surface area contributed by atoms with Crippen molar-refractivity contribution < 1.29 is 38.2 Å². The first-order valence-electron chi connectivity index (χ1n) is 20.1. The number of allylic oxidation sites excluding steroid dienone is 12. The van der Waals surface area contributed by atoms with Crippen molar-refractivity contribution in [1.82, 2.24) is 0 Å². The summed E-state index contributed by atoms with van der Waals surface area (Å²) >= 11 is 0. The summed E-state index contributed by atoms with van der Waals surface area (Å²) in [5, 5.41) is 9.59. The summed E-state index contributed by atoms with van der Waals surface area (Å²) in [5.41, 5.74) is 0. The number of esters is 2. The molecule has 0 amide bonds. The summed E-state index contributed by atoms with van der Waals surface area (Å²) in [7, 11) is 5.50. The fourth-order valence-electron chi connectivity index (χ4n) is 5.42. The lowest BCUT2D eigenvalue weighted by Gasteiger charge is -2.31. The molecule has 8 nitrogen and oxygen atoms in total. The number of rotatable bonds is 34. The van der Waals surface area contributed by atoms with E-state index in [0.717, 1.165) is 51.4 Å². The highest BCUT2D eigenvalue weighted by molar-refractivity contribution is 5.72.